The van der Waals surface area contributed by atoms with Crippen molar-refractivity contribution < 1.29 is 8.42 Å². The zero-order chi connectivity index (χ0) is 35.3. The van der Waals surface area contributed by atoms with E-state index < -0.39 is 9.84 Å². The summed E-state index contributed by atoms with van der Waals surface area (Å²) in [5.74, 6) is 0.00876. The molecule has 0 radical (unpaired) electrons. The van der Waals surface area contributed by atoms with Crippen LogP contribution >= 0.6 is 0 Å². The summed E-state index contributed by atoms with van der Waals surface area (Å²) in [6.07, 6.45) is 25.4. The number of sulfone groups is 1. The molecule has 4 aromatic rings. The fourth-order valence-electron chi connectivity index (χ4n) is 7.92. The number of pyridine rings is 1. The van der Waals surface area contributed by atoms with Gasteiger partial charge in [0.1, 0.15) is 0 Å². The smallest absolute Gasteiger partial charge is 0.300 e. The molecule has 0 bridgehead atoms. The molecule has 254 valence electrons. The zero-order valence-corrected chi connectivity index (χ0v) is 29.7. The van der Waals surface area contributed by atoms with Gasteiger partial charge < -0.3 is 5.32 Å². The van der Waals surface area contributed by atoms with Crippen LogP contribution in [-0.2, 0) is 21.3 Å². The van der Waals surface area contributed by atoms with Crippen LogP contribution < -0.4 is 9.98 Å². The lowest BCUT2D eigenvalue weighted by Crippen LogP contribution is -2.24. The summed E-state index contributed by atoms with van der Waals surface area (Å²) in [6.45, 7) is 3.80. The quantitative estimate of drug-likeness (QED) is 0.208. The second kappa shape index (κ2) is 12.7. The van der Waals surface area contributed by atoms with E-state index in [-0.39, 0.29) is 16.9 Å². The number of benzene rings is 3. The summed E-state index contributed by atoms with van der Waals surface area (Å²) in [4.78, 5) is 8.86. The van der Waals surface area contributed by atoms with Crippen LogP contribution in [0.15, 0.2) is 143 Å². The predicted molar refractivity (Wildman–Crippen MR) is 215 cm³/mol. The lowest BCUT2D eigenvalue weighted by atomic mass is 9.70. The number of aromatic nitrogens is 1. The number of nitrogens with zero attached hydrogens (tertiary/aromatic N) is 3. The minimum atomic E-state index is -3.37. The molecule has 0 spiro atoms. The molecule has 1 N–H and O–H groups in total. The molecule has 0 saturated heterocycles. The van der Waals surface area contributed by atoms with E-state index in [1.54, 1.807) is 6.20 Å². The molecular formula is C45H37N4O2S+. The van der Waals surface area contributed by atoms with Crippen molar-refractivity contribution in [3.05, 3.63) is 161 Å². The fourth-order valence-corrected chi connectivity index (χ4v) is 9.47. The van der Waals surface area contributed by atoms with Crippen LogP contribution in [0.3, 0.4) is 0 Å². The SMILES string of the molecule is CC1(C2=CNCC=C2)C=C(C2=CC=NC2)C=C(c2ccc3c(c2)-c2cc(-c4cc(C5=CC=[N+]=C5)cc(-c5cccnc5)c4)ccc2CS(=O)(=O)C3)C1. The first-order valence-corrected chi connectivity index (χ1v) is 19.5. The third-order valence-corrected chi connectivity index (χ3v) is 12.1. The highest BCUT2D eigenvalue weighted by molar-refractivity contribution is 7.89. The highest BCUT2D eigenvalue weighted by Gasteiger charge is 2.33. The molecule has 5 heterocycles. The standard InChI is InChI=1S/C45H37N4O2S/c1-45(42-5-3-13-47-27-42)22-40(19-41(23-45)34-11-15-49-26-34)31-7-9-36-29-52(50,51)28-35-8-6-30(20-43(35)44(36)21-31)37-16-38(32-4-2-12-46-24-32)18-39(17-37)33-10-14-48-25-33/h2-12,14-21,23-25,27,47H,13,22,26,28-29H2,1H3/q+1. The predicted octanol–water partition coefficient (Wildman–Crippen LogP) is 7.89. The normalized spacial score (nSPS) is 20.9. The second-order valence-corrected chi connectivity index (χ2v) is 16.4. The number of nitrogens with one attached hydrogen (secondary N) is 1. The van der Waals surface area contributed by atoms with Crippen LogP contribution in [0, 0.1) is 5.41 Å². The molecule has 7 heteroatoms. The number of aliphatic imine (C=N–C) groups is 1. The van der Waals surface area contributed by atoms with Gasteiger partial charge in [0.05, 0.1) is 23.6 Å². The van der Waals surface area contributed by atoms with Crippen molar-refractivity contribution in [3.63, 3.8) is 0 Å². The van der Waals surface area contributed by atoms with Gasteiger partial charge in [-0.05, 0) is 121 Å². The first kappa shape index (κ1) is 32.1. The Kier molecular flexibility index (Phi) is 7.84. The zero-order valence-electron chi connectivity index (χ0n) is 28.9. The Balaban J connectivity index is 1.18. The maximum Gasteiger partial charge on any atom is 0.300 e. The van der Waals surface area contributed by atoms with Crippen molar-refractivity contribution in [1.82, 2.24) is 15.0 Å². The van der Waals surface area contributed by atoms with E-state index in [9.17, 15) is 8.42 Å². The number of hydrogen-bond acceptors (Lipinski definition) is 5. The van der Waals surface area contributed by atoms with E-state index in [1.807, 2.05) is 49.1 Å². The van der Waals surface area contributed by atoms with Gasteiger partial charge in [-0.1, -0.05) is 61.6 Å². The Labute approximate surface area is 304 Å². The third-order valence-electron chi connectivity index (χ3n) is 10.6. The number of dihydropyridines is 1. The fraction of sp³-hybridized carbons (Fsp3) is 0.156. The van der Waals surface area contributed by atoms with Crippen molar-refractivity contribution in [2.75, 3.05) is 13.1 Å². The molecule has 0 fully saturated rings. The van der Waals surface area contributed by atoms with Crippen LogP contribution in [-0.4, -0.2) is 45.1 Å². The average Bonchev–Trinajstić information content (AvgIpc) is 3.90. The van der Waals surface area contributed by atoms with Crippen molar-refractivity contribution in [3.8, 4) is 33.4 Å². The highest BCUT2D eigenvalue weighted by Crippen LogP contribution is 2.47. The number of hydrogen-bond donors (Lipinski definition) is 1. The van der Waals surface area contributed by atoms with Crippen LogP contribution in [0.5, 0.6) is 0 Å². The Morgan fingerprint density at radius 3 is 2.27 bits per heavy atom. The Hall–Kier alpha value is -5.88. The third kappa shape index (κ3) is 6.08. The molecule has 6 nitrogen and oxygen atoms in total. The minimum Gasteiger partial charge on any atom is -0.387 e. The monoisotopic (exact) mass is 697 g/mol. The lowest BCUT2D eigenvalue weighted by Gasteiger charge is -2.35. The molecular weight excluding hydrogens is 661 g/mol. The summed E-state index contributed by atoms with van der Waals surface area (Å²) in [5.41, 5.74) is 15.5. The second-order valence-electron chi connectivity index (χ2n) is 14.3. The highest BCUT2D eigenvalue weighted by atomic mass is 32.2. The Morgan fingerprint density at radius 1 is 0.808 bits per heavy atom. The van der Waals surface area contributed by atoms with Crippen molar-refractivity contribution in [2.45, 2.75) is 24.9 Å². The van der Waals surface area contributed by atoms with Gasteiger partial charge >= 0.3 is 0 Å². The van der Waals surface area contributed by atoms with Crippen molar-refractivity contribution in [1.29, 1.82) is 0 Å². The molecule has 0 saturated carbocycles. The van der Waals surface area contributed by atoms with Crippen molar-refractivity contribution in [2.24, 2.45) is 10.4 Å². The number of allylic oxidation sites excluding steroid dienone is 8. The first-order chi connectivity index (χ1) is 25.3. The van der Waals surface area contributed by atoms with Gasteiger partial charge in [0.2, 0.25) is 0 Å². The number of fused-ring (bicyclic) bond motifs is 3. The molecule has 52 heavy (non-hydrogen) atoms. The van der Waals surface area contributed by atoms with Gasteiger partial charge in [0.25, 0.3) is 12.4 Å². The summed E-state index contributed by atoms with van der Waals surface area (Å²) in [5, 5.41) is 3.41. The van der Waals surface area contributed by atoms with E-state index >= 15 is 0 Å². The Bertz CT molecular complexity index is 2580. The number of rotatable bonds is 6. The van der Waals surface area contributed by atoms with Gasteiger partial charge in [-0.2, -0.15) is 0 Å². The van der Waals surface area contributed by atoms with Gasteiger partial charge in [-0.3, -0.25) is 9.98 Å². The van der Waals surface area contributed by atoms with E-state index in [4.69, 9.17) is 0 Å². The molecule has 1 unspecified atom stereocenters. The summed E-state index contributed by atoms with van der Waals surface area (Å²) < 4.78 is 31.3. The molecule has 9 rings (SSSR count). The van der Waals surface area contributed by atoms with E-state index in [2.05, 4.69) is 112 Å². The van der Waals surface area contributed by atoms with E-state index in [0.717, 1.165) is 74.2 Å². The molecule has 3 aromatic carbocycles. The van der Waals surface area contributed by atoms with Crippen LogP contribution in [0.25, 0.3) is 44.5 Å². The van der Waals surface area contributed by atoms with Gasteiger partial charge in [0.15, 0.2) is 9.84 Å². The van der Waals surface area contributed by atoms with Crippen molar-refractivity contribution >= 4 is 39.6 Å². The minimum absolute atomic E-state index is 0.00207. The molecule has 5 aliphatic rings. The van der Waals surface area contributed by atoms with Gasteiger partial charge in [0, 0.05) is 48.4 Å². The molecule has 1 aliphatic carbocycles. The average molecular weight is 698 g/mol. The van der Waals surface area contributed by atoms with E-state index in [0.29, 0.717) is 6.54 Å². The summed E-state index contributed by atoms with van der Waals surface area (Å²) >= 11 is 0. The maximum absolute atomic E-state index is 13.5. The molecule has 4 aliphatic heterocycles. The topological polar surface area (TPSA) is 85.5 Å². The van der Waals surface area contributed by atoms with Crippen LogP contribution in [0.1, 0.15) is 35.6 Å². The summed E-state index contributed by atoms with van der Waals surface area (Å²) in [6, 6.07) is 23.2. The largest absolute Gasteiger partial charge is 0.387 e. The van der Waals surface area contributed by atoms with E-state index in [1.165, 1.54) is 22.3 Å². The summed E-state index contributed by atoms with van der Waals surface area (Å²) in [7, 11) is -3.37. The Morgan fingerprint density at radius 2 is 1.58 bits per heavy atom. The molecule has 1 atom stereocenters. The van der Waals surface area contributed by atoms with Gasteiger partial charge in [-0.15, -0.1) is 4.67 Å². The van der Waals surface area contributed by atoms with Crippen LogP contribution in [0.2, 0.25) is 0 Å². The first-order valence-electron chi connectivity index (χ1n) is 17.6. The molecule has 1 aromatic heterocycles. The lowest BCUT2D eigenvalue weighted by molar-refractivity contribution is 0.529. The van der Waals surface area contributed by atoms with Crippen LogP contribution in [0.4, 0.5) is 0 Å². The maximum atomic E-state index is 13.5. The van der Waals surface area contributed by atoms with Gasteiger partial charge in [-0.25, -0.2) is 8.42 Å². The molecule has 0 amide bonds.